The maximum Gasteiger partial charge on any atom is 0.251 e. The molecule has 1 atom stereocenters. The first-order valence-electron chi connectivity index (χ1n) is 9.58. The standard InChI is InChI=1S/C24H23N3OS/c1-25-24(28)19-8-12-20(13-9-19)27-23(18-6-4-3-5-7-18)16-22(26-27)17-10-14-21(29-2)15-11-17/h3-15,23H,16H2,1-2H3,(H,25,28). The molecule has 29 heavy (non-hydrogen) atoms. The Morgan fingerprint density at radius 3 is 2.31 bits per heavy atom. The number of hydrogen-bond acceptors (Lipinski definition) is 4. The van der Waals surface area contributed by atoms with E-state index in [-0.39, 0.29) is 11.9 Å². The lowest BCUT2D eigenvalue weighted by molar-refractivity contribution is 0.0963. The molecule has 0 fully saturated rings. The predicted molar refractivity (Wildman–Crippen MR) is 121 cm³/mol. The Balaban J connectivity index is 1.69. The molecule has 4 nitrogen and oxygen atoms in total. The van der Waals surface area contributed by atoms with Gasteiger partial charge in [-0.15, -0.1) is 11.8 Å². The first-order chi connectivity index (χ1) is 14.2. The predicted octanol–water partition coefficient (Wildman–Crippen LogP) is 5.12. The van der Waals surface area contributed by atoms with Gasteiger partial charge in [0.05, 0.1) is 17.4 Å². The maximum atomic E-state index is 11.9. The third-order valence-corrected chi connectivity index (χ3v) is 5.88. The van der Waals surface area contributed by atoms with E-state index >= 15 is 0 Å². The number of nitrogens with zero attached hydrogens (tertiary/aromatic N) is 2. The SMILES string of the molecule is CNC(=O)c1ccc(N2N=C(c3ccc(SC)cc3)CC2c2ccccc2)cc1. The van der Waals surface area contributed by atoms with Gasteiger partial charge in [0.15, 0.2) is 0 Å². The van der Waals surface area contributed by atoms with E-state index in [1.54, 1.807) is 18.8 Å². The number of anilines is 1. The Morgan fingerprint density at radius 2 is 1.69 bits per heavy atom. The lowest BCUT2D eigenvalue weighted by Gasteiger charge is -2.24. The van der Waals surface area contributed by atoms with Crippen molar-refractivity contribution in [2.24, 2.45) is 5.10 Å². The van der Waals surface area contributed by atoms with E-state index in [2.05, 4.69) is 65.1 Å². The molecular weight excluding hydrogens is 378 g/mol. The minimum atomic E-state index is -0.0874. The van der Waals surface area contributed by atoms with E-state index in [1.807, 2.05) is 30.3 Å². The van der Waals surface area contributed by atoms with Crippen LogP contribution in [0.25, 0.3) is 0 Å². The zero-order chi connectivity index (χ0) is 20.2. The fourth-order valence-electron chi connectivity index (χ4n) is 3.55. The van der Waals surface area contributed by atoms with Crippen LogP contribution in [-0.2, 0) is 0 Å². The molecule has 5 heteroatoms. The average Bonchev–Trinajstić information content (AvgIpc) is 3.25. The van der Waals surface area contributed by atoms with Gasteiger partial charge in [0, 0.05) is 23.9 Å². The summed E-state index contributed by atoms with van der Waals surface area (Å²) < 4.78 is 0. The molecule has 0 saturated carbocycles. The summed E-state index contributed by atoms with van der Waals surface area (Å²) in [6, 6.07) is 26.7. The minimum absolute atomic E-state index is 0.0874. The third kappa shape index (κ3) is 4.05. The third-order valence-electron chi connectivity index (χ3n) is 5.14. The van der Waals surface area contributed by atoms with Crippen molar-refractivity contribution in [2.45, 2.75) is 17.4 Å². The summed E-state index contributed by atoms with van der Waals surface area (Å²) in [6.07, 6.45) is 2.91. The van der Waals surface area contributed by atoms with Crippen molar-refractivity contribution in [1.82, 2.24) is 5.32 Å². The number of rotatable bonds is 5. The Kier molecular flexibility index (Phi) is 5.67. The normalized spacial score (nSPS) is 15.9. The van der Waals surface area contributed by atoms with Crippen LogP contribution in [0.15, 0.2) is 88.9 Å². The van der Waals surface area contributed by atoms with Crippen molar-refractivity contribution in [1.29, 1.82) is 0 Å². The average molecular weight is 402 g/mol. The number of carbonyl (C=O) groups is 1. The Bertz CT molecular complexity index is 1010. The summed E-state index contributed by atoms with van der Waals surface area (Å²) in [5, 5.41) is 9.71. The summed E-state index contributed by atoms with van der Waals surface area (Å²) in [5.74, 6) is -0.0874. The van der Waals surface area contributed by atoms with Gasteiger partial charge in [-0.1, -0.05) is 42.5 Å². The van der Waals surface area contributed by atoms with E-state index in [0.29, 0.717) is 5.56 Å². The van der Waals surface area contributed by atoms with E-state index in [0.717, 1.165) is 23.4 Å². The topological polar surface area (TPSA) is 44.7 Å². The lowest BCUT2D eigenvalue weighted by Crippen LogP contribution is -2.20. The number of hydrogen-bond donors (Lipinski definition) is 1. The number of nitrogens with one attached hydrogen (secondary N) is 1. The van der Waals surface area contributed by atoms with E-state index in [9.17, 15) is 4.79 Å². The molecular formula is C24H23N3OS. The van der Waals surface area contributed by atoms with Gasteiger partial charge in [0.1, 0.15) is 0 Å². The largest absolute Gasteiger partial charge is 0.355 e. The minimum Gasteiger partial charge on any atom is -0.355 e. The molecule has 0 bridgehead atoms. The summed E-state index contributed by atoms with van der Waals surface area (Å²) in [7, 11) is 1.64. The number of carbonyl (C=O) groups excluding carboxylic acids is 1. The summed E-state index contributed by atoms with van der Waals surface area (Å²) >= 11 is 1.74. The first kappa shape index (κ1) is 19.3. The number of hydrazone groups is 1. The van der Waals surface area contributed by atoms with Crippen LogP contribution in [0, 0.1) is 0 Å². The molecule has 146 valence electrons. The molecule has 0 saturated heterocycles. The Labute approximate surface area is 175 Å². The second-order valence-electron chi connectivity index (χ2n) is 6.88. The van der Waals surface area contributed by atoms with Crippen LogP contribution in [-0.4, -0.2) is 24.9 Å². The Hall–Kier alpha value is -3.05. The molecule has 0 spiro atoms. The fraction of sp³-hybridized carbons (Fsp3) is 0.167. The first-order valence-corrected chi connectivity index (χ1v) is 10.8. The van der Waals surface area contributed by atoms with E-state index in [1.165, 1.54) is 10.5 Å². The maximum absolute atomic E-state index is 11.9. The van der Waals surface area contributed by atoms with Crippen LogP contribution in [0.4, 0.5) is 5.69 Å². The quantitative estimate of drug-likeness (QED) is 0.603. The molecule has 3 aromatic carbocycles. The van der Waals surface area contributed by atoms with Crippen LogP contribution in [0.2, 0.25) is 0 Å². The molecule has 1 heterocycles. The Morgan fingerprint density at radius 1 is 1.00 bits per heavy atom. The number of thioether (sulfide) groups is 1. The second-order valence-corrected chi connectivity index (χ2v) is 7.76. The van der Waals surface area contributed by atoms with E-state index < -0.39 is 0 Å². The molecule has 1 amide bonds. The number of amides is 1. The van der Waals surface area contributed by atoms with Crippen LogP contribution in [0.5, 0.6) is 0 Å². The highest BCUT2D eigenvalue weighted by Gasteiger charge is 2.29. The molecule has 0 radical (unpaired) electrons. The van der Waals surface area contributed by atoms with Gasteiger partial charge in [-0.25, -0.2) is 0 Å². The zero-order valence-electron chi connectivity index (χ0n) is 16.5. The molecule has 1 aliphatic heterocycles. The van der Waals surface area contributed by atoms with Gasteiger partial charge in [-0.2, -0.15) is 5.10 Å². The molecule has 1 N–H and O–H groups in total. The van der Waals surface area contributed by atoms with Gasteiger partial charge < -0.3 is 5.32 Å². The highest BCUT2D eigenvalue weighted by atomic mass is 32.2. The molecule has 1 aliphatic rings. The van der Waals surface area contributed by atoms with Gasteiger partial charge in [-0.3, -0.25) is 9.80 Å². The van der Waals surface area contributed by atoms with Crippen molar-refractivity contribution in [3.05, 3.63) is 95.6 Å². The number of benzene rings is 3. The van der Waals surface area contributed by atoms with Crippen LogP contribution in [0.3, 0.4) is 0 Å². The van der Waals surface area contributed by atoms with E-state index in [4.69, 9.17) is 5.10 Å². The van der Waals surface area contributed by atoms with Crippen molar-refractivity contribution in [3.8, 4) is 0 Å². The molecule has 3 aromatic rings. The van der Waals surface area contributed by atoms with Gasteiger partial charge >= 0.3 is 0 Å². The van der Waals surface area contributed by atoms with Crippen LogP contribution >= 0.6 is 11.8 Å². The molecule has 1 unspecified atom stereocenters. The molecule has 0 aromatic heterocycles. The van der Waals surface area contributed by atoms with Crippen LogP contribution < -0.4 is 10.3 Å². The van der Waals surface area contributed by atoms with Crippen molar-refractivity contribution >= 4 is 29.1 Å². The highest BCUT2D eigenvalue weighted by Crippen LogP contribution is 2.36. The summed E-state index contributed by atoms with van der Waals surface area (Å²) in [5.41, 5.74) is 5.06. The van der Waals surface area contributed by atoms with Crippen LogP contribution in [0.1, 0.15) is 33.9 Å². The van der Waals surface area contributed by atoms with Crippen molar-refractivity contribution < 1.29 is 4.79 Å². The fourth-order valence-corrected chi connectivity index (χ4v) is 3.96. The van der Waals surface area contributed by atoms with Crippen molar-refractivity contribution in [3.63, 3.8) is 0 Å². The van der Waals surface area contributed by atoms with Gasteiger partial charge in [-0.05, 0) is 53.8 Å². The lowest BCUT2D eigenvalue weighted by atomic mass is 9.98. The second kappa shape index (κ2) is 8.53. The van der Waals surface area contributed by atoms with Gasteiger partial charge in [0.25, 0.3) is 5.91 Å². The van der Waals surface area contributed by atoms with Gasteiger partial charge in [0.2, 0.25) is 0 Å². The summed E-state index contributed by atoms with van der Waals surface area (Å²) in [4.78, 5) is 13.1. The summed E-state index contributed by atoms with van der Waals surface area (Å²) in [6.45, 7) is 0. The molecule has 0 aliphatic carbocycles. The van der Waals surface area contributed by atoms with Crippen molar-refractivity contribution in [2.75, 3.05) is 18.3 Å². The molecule has 4 rings (SSSR count). The smallest absolute Gasteiger partial charge is 0.251 e. The zero-order valence-corrected chi connectivity index (χ0v) is 17.3. The monoisotopic (exact) mass is 401 g/mol. The highest BCUT2D eigenvalue weighted by molar-refractivity contribution is 7.98.